The van der Waals surface area contributed by atoms with Gasteiger partial charge in [0.2, 0.25) is 5.91 Å². The molecule has 0 bridgehead atoms. The van der Waals surface area contributed by atoms with Gasteiger partial charge in [0.05, 0.1) is 13.2 Å². The monoisotopic (exact) mass is 326 g/mol. The number of hydrogen-bond acceptors (Lipinski definition) is 6. The van der Waals surface area contributed by atoms with Gasteiger partial charge in [0.15, 0.2) is 5.69 Å². The molecule has 0 aromatic carbocycles. The maximum Gasteiger partial charge on any atom is 0.357 e. The van der Waals surface area contributed by atoms with E-state index in [2.05, 4.69) is 4.98 Å². The van der Waals surface area contributed by atoms with Gasteiger partial charge in [-0.05, 0) is 26.2 Å². The molecule has 0 spiro atoms. The molecule has 22 heavy (non-hydrogen) atoms. The predicted octanol–water partition coefficient (Wildman–Crippen LogP) is 2.09. The van der Waals surface area contributed by atoms with E-state index in [1.54, 1.807) is 19.4 Å². The quantitative estimate of drug-likeness (QED) is 0.513. The standard InChI is InChI=1S/C15H22N2O4S/c1-3-21-15(19)12-10-22-13(16-12)9-17(7-4-8-20-2)14(18)11-5-6-11/h10-11H,3-9H2,1-2H3. The van der Waals surface area contributed by atoms with Gasteiger partial charge in [0.1, 0.15) is 5.01 Å². The van der Waals surface area contributed by atoms with Crippen molar-refractivity contribution in [3.8, 4) is 0 Å². The summed E-state index contributed by atoms with van der Waals surface area (Å²) in [6.07, 6.45) is 2.75. The van der Waals surface area contributed by atoms with Gasteiger partial charge < -0.3 is 14.4 Å². The summed E-state index contributed by atoms with van der Waals surface area (Å²) in [6.45, 7) is 3.81. The number of hydrogen-bond donors (Lipinski definition) is 0. The Morgan fingerprint density at radius 2 is 2.23 bits per heavy atom. The molecule has 0 unspecified atom stereocenters. The van der Waals surface area contributed by atoms with Crippen LogP contribution in [0.3, 0.4) is 0 Å². The number of ether oxygens (including phenoxy) is 2. The average molecular weight is 326 g/mol. The van der Waals surface area contributed by atoms with Gasteiger partial charge in [-0.15, -0.1) is 11.3 Å². The fourth-order valence-corrected chi connectivity index (χ4v) is 2.88. The average Bonchev–Trinajstić information content (AvgIpc) is 3.25. The van der Waals surface area contributed by atoms with E-state index < -0.39 is 5.97 Å². The molecule has 6 nitrogen and oxygen atoms in total. The summed E-state index contributed by atoms with van der Waals surface area (Å²) < 4.78 is 9.98. The van der Waals surface area contributed by atoms with Crippen LogP contribution in [0.1, 0.15) is 41.7 Å². The van der Waals surface area contributed by atoms with Crippen molar-refractivity contribution >= 4 is 23.2 Å². The molecular formula is C15H22N2O4S. The molecule has 122 valence electrons. The fourth-order valence-electron chi connectivity index (χ4n) is 2.10. The van der Waals surface area contributed by atoms with Crippen LogP contribution in [0.5, 0.6) is 0 Å². The number of nitrogens with zero attached hydrogens (tertiary/aromatic N) is 2. The summed E-state index contributed by atoms with van der Waals surface area (Å²) in [5.74, 6) is -0.0551. The highest BCUT2D eigenvalue weighted by molar-refractivity contribution is 7.09. The molecule has 1 aliphatic carbocycles. The normalized spacial score (nSPS) is 13.9. The Bertz CT molecular complexity index is 513. The van der Waals surface area contributed by atoms with E-state index in [4.69, 9.17) is 9.47 Å². The number of amides is 1. The van der Waals surface area contributed by atoms with Crippen molar-refractivity contribution in [2.75, 3.05) is 26.9 Å². The van der Waals surface area contributed by atoms with Crippen LogP contribution in [0.4, 0.5) is 0 Å². The smallest absolute Gasteiger partial charge is 0.357 e. The van der Waals surface area contributed by atoms with Crippen molar-refractivity contribution in [1.29, 1.82) is 0 Å². The molecule has 0 atom stereocenters. The van der Waals surface area contributed by atoms with E-state index in [1.807, 2.05) is 4.90 Å². The largest absolute Gasteiger partial charge is 0.461 e. The highest BCUT2D eigenvalue weighted by Crippen LogP contribution is 2.31. The molecule has 0 radical (unpaired) electrons. The van der Waals surface area contributed by atoms with Crippen molar-refractivity contribution in [2.24, 2.45) is 5.92 Å². The van der Waals surface area contributed by atoms with E-state index in [-0.39, 0.29) is 11.8 Å². The lowest BCUT2D eigenvalue weighted by molar-refractivity contribution is -0.133. The third kappa shape index (κ3) is 4.78. The highest BCUT2D eigenvalue weighted by Gasteiger charge is 2.33. The molecule has 0 aliphatic heterocycles. The number of carbonyl (C=O) groups excluding carboxylic acids is 2. The summed E-state index contributed by atoms with van der Waals surface area (Å²) in [6, 6.07) is 0. The highest BCUT2D eigenvalue weighted by atomic mass is 32.1. The zero-order valence-corrected chi connectivity index (χ0v) is 13.9. The first-order valence-corrected chi connectivity index (χ1v) is 8.43. The molecular weight excluding hydrogens is 304 g/mol. The number of carbonyl (C=O) groups is 2. The second-order valence-electron chi connectivity index (χ2n) is 5.23. The van der Waals surface area contributed by atoms with E-state index >= 15 is 0 Å². The van der Waals surface area contributed by atoms with Gasteiger partial charge in [-0.1, -0.05) is 0 Å². The molecule has 0 N–H and O–H groups in total. The lowest BCUT2D eigenvalue weighted by Gasteiger charge is -2.21. The Morgan fingerprint density at radius 3 is 2.86 bits per heavy atom. The third-order valence-electron chi connectivity index (χ3n) is 3.38. The van der Waals surface area contributed by atoms with Crippen LogP contribution in [-0.4, -0.2) is 48.6 Å². The van der Waals surface area contributed by atoms with Crippen LogP contribution in [0.15, 0.2) is 5.38 Å². The molecule has 1 aromatic heterocycles. The van der Waals surface area contributed by atoms with Crippen molar-refractivity contribution in [1.82, 2.24) is 9.88 Å². The van der Waals surface area contributed by atoms with Gasteiger partial charge >= 0.3 is 5.97 Å². The lowest BCUT2D eigenvalue weighted by Crippen LogP contribution is -2.33. The number of thiazole rings is 1. The second kappa shape index (κ2) is 8.24. The number of rotatable bonds is 9. The lowest BCUT2D eigenvalue weighted by atomic mass is 10.3. The van der Waals surface area contributed by atoms with Crippen LogP contribution >= 0.6 is 11.3 Å². The molecule has 1 saturated carbocycles. The second-order valence-corrected chi connectivity index (χ2v) is 6.17. The summed E-state index contributed by atoms with van der Waals surface area (Å²) >= 11 is 1.38. The minimum Gasteiger partial charge on any atom is -0.461 e. The van der Waals surface area contributed by atoms with Crippen molar-refractivity contribution in [3.05, 3.63) is 16.1 Å². The van der Waals surface area contributed by atoms with Crippen LogP contribution in [0, 0.1) is 5.92 Å². The minimum atomic E-state index is -0.413. The maximum absolute atomic E-state index is 12.3. The molecule has 1 amide bonds. The van der Waals surface area contributed by atoms with E-state index in [0.717, 1.165) is 24.3 Å². The summed E-state index contributed by atoms with van der Waals surface area (Å²) in [4.78, 5) is 30.1. The summed E-state index contributed by atoms with van der Waals surface area (Å²) in [5.41, 5.74) is 0.317. The summed E-state index contributed by atoms with van der Waals surface area (Å²) in [5, 5.41) is 2.44. The van der Waals surface area contributed by atoms with E-state index in [0.29, 0.717) is 32.0 Å². The number of aromatic nitrogens is 1. The molecule has 1 aromatic rings. The first-order chi connectivity index (χ1) is 10.7. The first-order valence-electron chi connectivity index (χ1n) is 7.55. The molecule has 7 heteroatoms. The Hall–Kier alpha value is -1.47. The van der Waals surface area contributed by atoms with Crippen LogP contribution < -0.4 is 0 Å². The minimum absolute atomic E-state index is 0.173. The van der Waals surface area contributed by atoms with Gasteiger partial charge in [0.25, 0.3) is 0 Å². The van der Waals surface area contributed by atoms with Crippen molar-refractivity contribution in [2.45, 2.75) is 32.7 Å². The van der Waals surface area contributed by atoms with E-state index in [1.165, 1.54) is 11.3 Å². The van der Waals surface area contributed by atoms with Crippen LogP contribution in [0.2, 0.25) is 0 Å². The third-order valence-corrected chi connectivity index (χ3v) is 4.21. The number of methoxy groups -OCH3 is 1. The van der Waals surface area contributed by atoms with Gasteiger partial charge in [-0.25, -0.2) is 9.78 Å². The van der Waals surface area contributed by atoms with Gasteiger partial charge in [-0.2, -0.15) is 0 Å². The Balaban J connectivity index is 1.96. The Morgan fingerprint density at radius 1 is 1.45 bits per heavy atom. The van der Waals surface area contributed by atoms with Crippen molar-refractivity contribution in [3.63, 3.8) is 0 Å². The van der Waals surface area contributed by atoms with Gasteiger partial charge in [-0.3, -0.25) is 4.79 Å². The molecule has 0 saturated heterocycles. The fraction of sp³-hybridized carbons (Fsp3) is 0.667. The molecule has 1 aliphatic rings. The molecule has 1 heterocycles. The van der Waals surface area contributed by atoms with Crippen LogP contribution in [0.25, 0.3) is 0 Å². The Labute approximate surface area is 134 Å². The van der Waals surface area contributed by atoms with E-state index in [9.17, 15) is 9.59 Å². The molecule has 2 rings (SSSR count). The first kappa shape index (κ1) is 16.9. The topological polar surface area (TPSA) is 68.7 Å². The zero-order valence-electron chi connectivity index (χ0n) is 13.0. The number of esters is 1. The predicted molar refractivity (Wildman–Crippen MR) is 82.7 cm³/mol. The van der Waals surface area contributed by atoms with Crippen molar-refractivity contribution < 1.29 is 19.1 Å². The SMILES string of the molecule is CCOC(=O)c1csc(CN(CCCOC)C(=O)C2CC2)n1. The molecule has 1 fully saturated rings. The van der Waals surface area contributed by atoms with Gasteiger partial charge in [0, 0.05) is 31.6 Å². The Kier molecular flexibility index (Phi) is 6.33. The zero-order chi connectivity index (χ0) is 15.9. The summed E-state index contributed by atoms with van der Waals surface area (Å²) in [7, 11) is 1.65. The van der Waals surface area contributed by atoms with Crippen LogP contribution in [-0.2, 0) is 20.8 Å². The maximum atomic E-state index is 12.3.